The van der Waals surface area contributed by atoms with Crippen LogP contribution >= 0.6 is 0 Å². The number of aromatic hydroxyl groups is 1. The maximum Gasteiger partial charge on any atom is 0.200 e. The summed E-state index contributed by atoms with van der Waals surface area (Å²) in [5, 5.41) is 11.0. The zero-order chi connectivity index (χ0) is 20.8. The normalized spacial score (nSPS) is 19.5. The van der Waals surface area contributed by atoms with E-state index in [0.29, 0.717) is 5.75 Å². The van der Waals surface area contributed by atoms with E-state index in [2.05, 4.69) is 47.6 Å². The number of phenolic OH excluding ortho intramolecular Hbond substituents is 1. The highest BCUT2D eigenvalue weighted by Crippen LogP contribution is 2.48. The summed E-state index contributed by atoms with van der Waals surface area (Å²) in [6.07, 6.45) is 6.19. The second-order valence-corrected chi connectivity index (χ2v) is 8.22. The summed E-state index contributed by atoms with van der Waals surface area (Å²) in [6.45, 7) is 13.0. The Morgan fingerprint density at radius 3 is 2.43 bits per heavy atom. The van der Waals surface area contributed by atoms with Crippen LogP contribution in [-0.2, 0) is 4.74 Å². The Morgan fingerprint density at radius 1 is 1.14 bits per heavy atom. The number of phenols is 1. The molecule has 2 unspecified atom stereocenters. The molecule has 0 saturated carbocycles. The molecule has 2 rings (SSSR count). The van der Waals surface area contributed by atoms with E-state index in [0.717, 1.165) is 36.1 Å². The van der Waals surface area contributed by atoms with E-state index < -0.39 is 0 Å². The number of allylic oxidation sites excluding steroid dienone is 4. The first-order valence-corrected chi connectivity index (χ1v) is 10.7. The predicted octanol–water partition coefficient (Wildman–Crippen LogP) is 7.35. The molecule has 1 N–H and O–H groups in total. The van der Waals surface area contributed by atoms with Gasteiger partial charge in [0, 0.05) is 25.0 Å². The van der Waals surface area contributed by atoms with Crippen molar-refractivity contribution in [2.45, 2.75) is 92.3 Å². The van der Waals surface area contributed by atoms with E-state index in [1.54, 1.807) is 7.11 Å². The summed E-state index contributed by atoms with van der Waals surface area (Å²) < 4.78 is 11.7. The molecular weight excluding hydrogens is 348 g/mol. The van der Waals surface area contributed by atoms with Crippen LogP contribution in [0.1, 0.15) is 97.1 Å². The van der Waals surface area contributed by atoms with Crippen molar-refractivity contribution in [3.63, 3.8) is 0 Å². The SMILES string of the molecule is CCCCC/C(C)=C(\C)c1cc(O)c2c(c1)OC(OC)CC2C(CC)=C(C)C. The van der Waals surface area contributed by atoms with Gasteiger partial charge in [0.05, 0.1) is 0 Å². The van der Waals surface area contributed by atoms with Crippen LogP contribution in [0.25, 0.3) is 5.57 Å². The minimum absolute atomic E-state index is 0.132. The largest absolute Gasteiger partial charge is 0.507 e. The standard InChI is InChI=1S/C25H38O3/c1-8-10-11-12-17(5)18(6)19-13-22(26)25-21(20(9-2)16(3)4)15-24(27-7)28-23(25)14-19/h13-14,21,24,26H,8-12,15H2,1-7H3/b18-17+. The molecule has 156 valence electrons. The summed E-state index contributed by atoms with van der Waals surface area (Å²) in [5.74, 6) is 1.22. The molecule has 0 bridgehead atoms. The molecule has 0 fully saturated rings. The summed E-state index contributed by atoms with van der Waals surface area (Å²) in [6, 6.07) is 4.00. The summed E-state index contributed by atoms with van der Waals surface area (Å²) in [4.78, 5) is 0. The Balaban J connectivity index is 2.49. The summed E-state index contributed by atoms with van der Waals surface area (Å²) in [5.41, 5.74) is 7.22. The molecule has 0 amide bonds. The molecular formula is C25H38O3. The number of methoxy groups -OCH3 is 1. The third-order valence-electron chi connectivity index (χ3n) is 6.09. The zero-order valence-corrected chi connectivity index (χ0v) is 18.8. The average molecular weight is 387 g/mol. The van der Waals surface area contributed by atoms with Crippen LogP contribution in [0.3, 0.4) is 0 Å². The molecule has 1 aromatic rings. The van der Waals surface area contributed by atoms with Gasteiger partial charge in [-0.15, -0.1) is 0 Å². The molecule has 0 spiro atoms. The fraction of sp³-hybridized carbons (Fsp3) is 0.600. The molecule has 0 saturated heterocycles. The number of unbranched alkanes of at least 4 members (excludes halogenated alkanes) is 2. The third-order valence-corrected chi connectivity index (χ3v) is 6.09. The predicted molar refractivity (Wildman–Crippen MR) is 118 cm³/mol. The lowest BCUT2D eigenvalue weighted by Crippen LogP contribution is -2.28. The van der Waals surface area contributed by atoms with Crippen molar-refractivity contribution in [3.05, 3.63) is 40.0 Å². The monoisotopic (exact) mass is 386 g/mol. The van der Waals surface area contributed by atoms with Crippen LogP contribution in [0, 0.1) is 0 Å². The van der Waals surface area contributed by atoms with Crippen molar-refractivity contribution < 1.29 is 14.6 Å². The van der Waals surface area contributed by atoms with Crippen LogP contribution in [0.5, 0.6) is 11.5 Å². The molecule has 0 radical (unpaired) electrons. The molecule has 0 aliphatic carbocycles. The summed E-state index contributed by atoms with van der Waals surface area (Å²) in [7, 11) is 1.69. The number of hydrogen-bond acceptors (Lipinski definition) is 3. The van der Waals surface area contributed by atoms with Gasteiger partial charge in [-0.25, -0.2) is 0 Å². The van der Waals surface area contributed by atoms with Gasteiger partial charge in [-0.3, -0.25) is 0 Å². The highest BCUT2D eigenvalue weighted by molar-refractivity contribution is 5.71. The van der Waals surface area contributed by atoms with Gasteiger partial charge in [-0.2, -0.15) is 0 Å². The minimum atomic E-state index is -0.289. The van der Waals surface area contributed by atoms with Crippen LogP contribution < -0.4 is 4.74 Å². The van der Waals surface area contributed by atoms with Gasteiger partial charge < -0.3 is 14.6 Å². The van der Waals surface area contributed by atoms with E-state index >= 15 is 0 Å². The lowest BCUT2D eigenvalue weighted by molar-refractivity contribution is -0.0696. The van der Waals surface area contributed by atoms with E-state index in [4.69, 9.17) is 9.47 Å². The molecule has 1 aliphatic heterocycles. The van der Waals surface area contributed by atoms with Crippen LogP contribution in [0.4, 0.5) is 0 Å². The third kappa shape index (κ3) is 5.00. The highest BCUT2D eigenvalue weighted by atomic mass is 16.7. The zero-order valence-electron chi connectivity index (χ0n) is 18.8. The molecule has 28 heavy (non-hydrogen) atoms. The van der Waals surface area contributed by atoms with Crippen molar-refractivity contribution in [1.29, 1.82) is 0 Å². The number of fused-ring (bicyclic) bond motifs is 1. The van der Waals surface area contributed by atoms with Crippen molar-refractivity contribution >= 4 is 5.57 Å². The maximum absolute atomic E-state index is 11.0. The molecule has 2 atom stereocenters. The number of hydrogen-bond donors (Lipinski definition) is 1. The van der Waals surface area contributed by atoms with Gasteiger partial charge >= 0.3 is 0 Å². The van der Waals surface area contributed by atoms with Crippen molar-refractivity contribution in [3.8, 4) is 11.5 Å². The fourth-order valence-corrected chi connectivity index (χ4v) is 4.26. The van der Waals surface area contributed by atoms with Gasteiger partial charge in [-0.1, -0.05) is 43.4 Å². The molecule has 1 aliphatic rings. The number of benzene rings is 1. The van der Waals surface area contributed by atoms with E-state index in [1.165, 1.54) is 41.6 Å². The Bertz CT molecular complexity index is 738. The topological polar surface area (TPSA) is 38.7 Å². The van der Waals surface area contributed by atoms with E-state index in [9.17, 15) is 5.11 Å². The van der Waals surface area contributed by atoms with Crippen LogP contribution in [0.15, 0.2) is 28.9 Å². The quantitative estimate of drug-likeness (QED) is 0.375. The van der Waals surface area contributed by atoms with Gasteiger partial charge in [0.15, 0.2) is 6.29 Å². The first-order valence-electron chi connectivity index (χ1n) is 10.7. The van der Waals surface area contributed by atoms with Crippen LogP contribution in [-0.4, -0.2) is 18.5 Å². The lowest BCUT2D eigenvalue weighted by atomic mass is 9.81. The second kappa shape index (κ2) is 10.2. The second-order valence-electron chi connectivity index (χ2n) is 8.22. The molecule has 1 heterocycles. The highest BCUT2D eigenvalue weighted by Gasteiger charge is 2.33. The van der Waals surface area contributed by atoms with Crippen molar-refractivity contribution in [2.24, 2.45) is 0 Å². The summed E-state index contributed by atoms with van der Waals surface area (Å²) >= 11 is 0. The Labute approximate surface area is 171 Å². The molecule has 3 nitrogen and oxygen atoms in total. The molecule has 3 heteroatoms. The molecule has 0 aromatic heterocycles. The number of ether oxygens (including phenoxy) is 2. The van der Waals surface area contributed by atoms with E-state index in [1.807, 2.05) is 6.07 Å². The Hall–Kier alpha value is -1.74. The van der Waals surface area contributed by atoms with Gasteiger partial charge in [0.25, 0.3) is 0 Å². The average Bonchev–Trinajstić information content (AvgIpc) is 2.66. The fourth-order valence-electron chi connectivity index (χ4n) is 4.26. The van der Waals surface area contributed by atoms with E-state index in [-0.39, 0.29) is 12.2 Å². The van der Waals surface area contributed by atoms with Gasteiger partial charge in [-0.05, 0) is 70.2 Å². The van der Waals surface area contributed by atoms with Crippen molar-refractivity contribution in [2.75, 3.05) is 7.11 Å². The van der Waals surface area contributed by atoms with Gasteiger partial charge in [0.2, 0.25) is 0 Å². The number of rotatable bonds is 8. The maximum atomic E-state index is 11.0. The lowest BCUT2D eigenvalue weighted by Gasteiger charge is -2.34. The van der Waals surface area contributed by atoms with Crippen LogP contribution in [0.2, 0.25) is 0 Å². The van der Waals surface area contributed by atoms with Gasteiger partial charge in [0.1, 0.15) is 11.5 Å². The minimum Gasteiger partial charge on any atom is -0.507 e. The smallest absolute Gasteiger partial charge is 0.200 e. The first kappa shape index (κ1) is 22.5. The Morgan fingerprint density at radius 2 is 1.86 bits per heavy atom. The molecule has 1 aromatic carbocycles. The Kier molecular flexibility index (Phi) is 8.18. The van der Waals surface area contributed by atoms with Crippen molar-refractivity contribution in [1.82, 2.24) is 0 Å². The first-order chi connectivity index (χ1) is 13.3.